The molecule has 0 aliphatic rings. The normalized spacial score (nSPS) is 10.2. The van der Waals surface area contributed by atoms with Crippen LogP contribution in [0.5, 0.6) is 0 Å². The van der Waals surface area contributed by atoms with Crippen LogP contribution in [0.15, 0.2) is 10.7 Å². The van der Waals surface area contributed by atoms with Gasteiger partial charge >= 0.3 is 0 Å². The summed E-state index contributed by atoms with van der Waals surface area (Å²) in [6, 6.07) is 0. The van der Waals surface area contributed by atoms with Crippen LogP contribution in [0.3, 0.4) is 0 Å². The van der Waals surface area contributed by atoms with Gasteiger partial charge in [-0.15, -0.1) is 0 Å². The molecule has 1 aromatic heterocycles. The van der Waals surface area contributed by atoms with Crippen molar-refractivity contribution >= 4 is 15.9 Å². The van der Waals surface area contributed by atoms with Crippen LogP contribution in [0.25, 0.3) is 0 Å². The summed E-state index contributed by atoms with van der Waals surface area (Å²) < 4.78 is 14.2. The Bertz CT molecular complexity index is 275. The van der Waals surface area contributed by atoms with Gasteiger partial charge in [0.25, 0.3) is 6.20 Å². The van der Waals surface area contributed by atoms with E-state index in [0.717, 1.165) is 10.9 Å². The van der Waals surface area contributed by atoms with Crippen molar-refractivity contribution in [2.45, 2.75) is 13.8 Å². The standard InChI is InChI=1S/C7H8BrFNO/c1-4-6(9)3-10(11)5(2)7(4)8/h3,11H,1-2H3/q+1. The lowest BCUT2D eigenvalue weighted by Gasteiger charge is -1.98. The molecule has 1 N–H and O–H groups in total. The molecular weight excluding hydrogens is 213 g/mol. The Balaban J connectivity index is 3.46. The molecule has 1 aromatic rings. The van der Waals surface area contributed by atoms with Crippen molar-refractivity contribution in [2.75, 3.05) is 0 Å². The molecule has 60 valence electrons. The highest BCUT2D eigenvalue weighted by Crippen LogP contribution is 2.19. The molecule has 0 spiro atoms. The molecule has 1 rings (SSSR count). The van der Waals surface area contributed by atoms with Gasteiger partial charge in [-0.25, -0.2) is 0 Å². The summed E-state index contributed by atoms with van der Waals surface area (Å²) in [5.41, 5.74) is 1.09. The monoisotopic (exact) mass is 220 g/mol. The molecule has 0 saturated heterocycles. The van der Waals surface area contributed by atoms with E-state index in [1.807, 2.05) is 0 Å². The fraction of sp³-hybridized carbons (Fsp3) is 0.286. The predicted molar refractivity (Wildman–Crippen MR) is 41.0 cm³/mol. The van der Waals surface area contributed by atoms with Crippen molar-refractivity contribution in [2.24, 2.45) is 0 Å². The Hall–Kier alpha value is -0.640. The second kappa shape index (κ2) is 2.77. The van der Waals surface area contributed by atoms with E-state index in [2.05, 4.69) is 15.9 Å². The van der Waals surface area contributed by atoms with E-state index in [0.29, 0.717) is 15.7 Å². The Morgan fingerprint density at radius 1 is 1.55 bits per heavy atom. The molecule has 0 unspecified atom stereocenters. The van der Waals surface area contributed by atoms with E-state index in [1.54, 1.807) is 13.8 Å². The largest absolute Gasteiger partial charge is 0.285 e. The smallest absolute Gasteiger partial charge is 0.258 e. The first kappa shape index (κ1) is 8.46. The van der Waals surface area contributed by atoms with Crippen LogP contribution < -0.4 is 4.73 Å². The van der Waals surface area contributed by atoms with Crippen molar-refractivity contribution < 1.29 is 14.3 Å². The zero-order valence-electron chi connectivity index (χ0n) is 6.23. The summed E-state index contributed by atoms with van der Waals surface area (Å²) >= 11 is 3.16. The average Bonchev–Trinajstić information content (AvgIpc) is 1.97. The zero-order chi connectivity index (χ0) is 8.59. The first-order valence-electron chi connectivity index (χ1n) is 3.10. The van der Waals surface area contributed by atoms with Crippen LogP contribution in [0.2, 0.25) is 0 Å². The maximum Gasteiger partial charge on any atom is 0.258 e. The summed E-state index contributed by atoms with van der Waals surface area (Å²) in [5.74, 6) is -0.426. The lowest BCUT2D eigenvalue weighted by Crippen LogP contribution is -2.34. The minimum atomic E-state index is -0.426. The predicted octanol–water partition coefficient (Wildman–Crippen LogP) is 1.73. The van der Waals surface area contributed by atoms with Gasteiger partial charge in [-0.1, -0.05) is 0 Å². The van der Waals surface area contributed by atoms with E-state index in [4.69, 9.17) is 5.21 Å². The molecular formula is C7H8BrFNO+. The van der Waals surface area contributed by atoms with Crippen molar-refractivity contribution in [3.63, 3.8) is 0 Å². The van der Waals surface area contributed by atoms with Crippen molar-refractivity contribution in [1.82, 2.24) is 0 Å². The summed E-state index contributed by atoms with van der Waals surface area (Å²) in [6.07, 6.45) is 1.04. The van der Waals surface area contributed by atoms with E-state index < -0.39 is 5.82 Å². The van der Waals surface area contributed by atoms with Gasteiger partial charge in [-0.05, 0) is 22.9 Å². The molecule has 0 bridgehead atoms. The summed E-state index contributed by atoms with van der Waals surface area (Å²) in [5, 5.41) is 9.05. The van der Waals surface area contributed by atoms with Crippen molar-refractivity contribution in [3.05, 3.63) is 27.7 Å². The van der Waals surface area contributed by atoms with Crippen molar-refractivity contribution in [3.8, 4) is 0 Å². The summed E-state index contributed by atoms with van der Waals surface area (Å²) in [7, 11) is 0. The van der Waals surface area contributed by atoms with Gasteiger partial charge in [0.2, 0.25) is 5.69 Å². The molecule has 0 aliphatic carbocycles. The van der Waals surface area contributed by atoms with Gasteiger partial charge in [0, 0.05) is 17.2 Å². The molecule has 0 aromatic carbocycles. The van der Waals surface area contributed by atoms with Crippen LogP contribution in [0.1, 0.15) is 11.3 Å². The Morgan fingerprint density at radius 2 is 2.09 bits per heavy atom. The lowest BCUT2D eigenvalue weighted by molar-refractivity contribution is -0.910. The summed E-state index contributed by atoms with van der Waals surface area (Å²) in [4.78, 5) is 0. The second-order valence-electron chi connectivity index (χ2n) is 2.35. The first-order chi connectivity index (χ1) is 5.04. The quantitative estimate of drug-likeness (QED) is 0.523. The first-order valence-corrected chi connectivity index (χ1v) is 3.89. The van der Waals surface area contributed by atoms with Gasteiger partial charge in [0.05, 0.1) is 4.47 Å². The molecule has 0 atom stereocenters. The fourth-order valence-corrected chi connectivity index (χ4v) is 1.15. The van der Waals surface area contributed by atoms with E-state index in [1.165, 1.54) is 0 Å². The van der Waals surface area contributed by atoms with Crippen LogP contribution in [-0.4, -0.2) is 5.21 Å². The molecule has 0 amide bonds. The van der Waals surface area contributed by atoms with Gasteiger partial charge in [-0.3, -0.25) is 5.21 Å². The van der Waals surface area contributed by atoms with E-state index in [-0.39, 0.29) is 0 Å². The molecule has 2 nitrogen and oxygen atoms in total. The lowest BCUT2D eigenvalue weighted by atomic mass is 10.2. The molecule has 0 aliphatic heterocycles. The van der Waals surface area contributed by atoms with Gasteiger partial charge < -0.3 is 0 Å². The van der Waals surface area contributed by atoms with Crippen LogP contribution >= 0.6 is 15.9 Å². The maximum atomic E-state index is 12.8. The third-order valence-electron chi connectivity index (χ3n) is 1.58. The number of halogens is 2. The Kier molecular flexibility index (Phi) is 2.13. The SMILES string of the molecule is Cc1c(F)c[n+](O)c(C)c1Br. The number of hydrogen-bond acceptors (Lipinski definition) is 1. The van der Waals surface area contributed by atoms with E-state index >= 15 is 0 Å². The third-order valence-corrected chi connectivity index (χ3v) is 2.75. The molecule has 4 heteroatoms. The Morgan fingerprint density at radius 3 is 2.64 bits per heavy atom. The maximum absolute atomic E-state index is 12.8. The molecule has 1 heterocycles. The number of nitrogens with zero attached hydrogens (tertiary/aromatic N) is 1. The van der Waals surface area contributed by atoms with Crippen LogP contribution in [0, 0.1) is 19.7 Å². The van der Waals surface area contributed by atoms with E-state index in [9.17, 15) is 4.39 Å². The molecule has 0 fully saturated rings. The number of aromatic nitrogens is 1. The third kappa shape index (κ3) is 1.35. The minimum Gasteiger partial charge on any atom is -0.285 e. The minimum absolute atomic E-state index is 0.426. The molecule has 0 saturated carbocycles. The van der Waals surface area contributed by atoms with Gasteiger partial charge in [0.1, 0.15) is 0 Å². The summed E-state index contributed by atoms with van der Waals surface area (Å²) in [6.45, 7) is 3.34. The number of rotatable bonds is 0. The average molecular weight is 221 g/mol. The van der Waals surface area contributed by atoms with Crippen LogP contribution in [0.4, 0.5) is 4.39 Å². The number of hydrogen-bond donors (Lipinski definition) is 1. The topological polar surface area (TPSA) is 24.1 Å². The van der Waals surface area contributed by atoms with Crippen molar-refractivity contribution in [1.29, 1.82) is 0 Å². The molecule has 0 radical (unpaired) electrons. The second-order valence-corrected chi connectivity index (χ2v) is 3.14. The van der Waals surface area contributed by atoms with Gasteiger partial charge in [-0.2, -0.15) is 4.39 Å². The zero-order valence-corrected chi connectivity index (χ0v) is 7.81. The highest BCUT2D eigenvalue weighted by Gasteiger charge is 2.16. The fourth-order valence-electron chi connectivity index (χ4n) is 0.778. The Labute approximate surface area is 72.4 Å². The van der Waals surface area contributed by atoms with Crippen LogP contribution in [-0.2, 0) is 0 Å². The van der Waals surface area contributed by atoms with Gasteiger partial charge in [0.15, 0.2) is 5.82 Å². The highest BCUT2D eigenvalue weighted by atomic mass is 79.9. The number of pyridine rings is 1. The molecule has 11 heavy (non-hydrogen) atoms. The highest BCUT2D eigenvalue weighted by molar-refractivity contribution is 9.10.